The second-order valence-electron chi connectivity index (χ2n) is 6.14. The molecule has 0 bridgehead atoms. The molecule has 4 heteroatoms. The molecule has 1 N–H and O–H groups in total. The van der Waals surface area contributed by atoms with Gasteiger partial charge in [0.2, 0.25) is 0 Å². The highest BCUT2D eigenvalue weighted by Gasteiger charge is 2.18. The Bertz CT molecular complexity index is 416. The van der Waals surface area contributed by atoms with Gasteiger partial charge in [0.25, 0.3) is 0 Å². The Morgan fingerprint density at radius 1 is 1.29 bits per heavy atom. The first-order valence-electron chi connectivity index (χ1n) is 8.66. The van der Waals surface area contributed by atoms with Gasteiger partial charge in [-0.25, -0.2) is 4.98 Å². The maximum atomic E-state index is 4.91. The predicted octanol–water partition coefficient (Wildman–Crippen LogP) is 3.62. The Labute approximate surface area is 134 Å². The number of aromatic nitrogens is 1. The summed E-state index contributed by atoms with van der Waals surface area (Å²) < 4.78 is 0. The molecule has 1 aliphatic heterocycles. The van der Waals surface area contributed by atoms with E-state index in [1.807, 2.05) is 11.3 Å². The fourth-order valence-electron chi connectivity index (χ4n) is 3.08. The molecule has 120 valence electrons. The summed E-state index contributed by atoms with van der Waals surface area (Å²) in [6.07, 6.45) is 7.57. The summed E-state index contributed by atoms with van der Waals surface area (Å²) in [5.74, 6) is 0. The lowest BCUT2D eigenvalue weighted by Gasteiger charge is -2.33. The number of aryl methyl sites for hydroxylation is 1. The third-order valence-electron chi connectivity index (χ3n) is 4.40. The van der Waals surface area contributed by atoms with Crippen molar-refractivity contribution in [2.45, 2.75) is 71.9 Å². The lowest BCUT2D eigenvalue weighted by molar-refractivity contribution is 0.163. The van der Waals surface area contributed by atoms with Gasteiger partial charge >= 0.3 is 0 Å². The first-order valence-corrected chi connectivity index (χ1v) is 9.48. The summed E-state index contributed by atoms with van der Waals surface area (Å²) >= 11 is 1.93. The van der Waals surface area contributed by atoms with E-state index in [4.69, 9.17) is 4.98 Å². The fourth-order valence-corrected chi connectivity index (χ4v) is 4.15. The summed E-state index contributed by atoms with van der Waals surface area (Å²) in [5, 5.41) is 4.79. The number of likely N-dealkylation sites (tertiary alicyclic amines) is 1. The lowest BCUT2D eigenvalue weighted by Crippen LogP contribution is -2.38. The smallest absolute Gasteiger partial charge is 0.0944 e. The maximum Gasteiger partial charge on any atom is 0.0944 e. The molecule has 1 unspecified atom stereocenters. The third kappa shape index (κ3) is 5.04. The van der Waals surface area contributed by atoms with Gasteiger partial charge in [0.15, 0.2) is 0 Å². The van der Waals surface area contributed by atoms with Crippen LogP contribution < -0.4 is 5.32 Å². The molecule has 1 saturated heterocycles. The van der Waals surface area contributed by atoms with E-state index in [1.54, 1.807) is 0 Å². The Kier molecular flexibility index (Phi) is 7.14. The fraction of sp³-hybridized carbons (Fsp3) is 0.824. The van der Waals surface area contributed by atoms with Gasteiger partial charge in [-0.05, 0) is 39.3 Å². The predicted molar refractivity (Wildman–Crippen MR) is 92.1 cm³/mol. The average Bonchev–Trinajstić information content (AvgIpc) is 2.87. The van der Waals surface area contributed by atoms with Crippen LogP contribution in [0.4, 0.5) is 0 Å². The molecule has 2 heterocycles. The van der Waals surface area contributed by atoms with Crippen molar-refractivity contribution in [2.24, 2.45) is 0 Å². The first-order chi connectivity index (χ1) is 10.2. The van der Waals surface area contributed by atoms with Crippen molar-refractivity contribution in [1.29, 1.82) is 0 Å². The number of nitrogens with one attached hydrogen (secondary N) is 1. The highest BCUT2D eigenvalue weighted by atomic mass is 32.1. The molecule has 1 fully saturated rings. The molecule has 0 radical (unpaired) electrons. The van der Waals surface area contributed by atoms with E-state index >= 15 is 0 Å². The Morgan fingerprint density at radius 3 is 2.86 bits per heavy atom. The van der Waals surface area contributed by atoms with Gasteiger partial charge in [0.1, 0.15) is 0 Å². The SMILES string of the molecule is CCCc1nc(CCN2CCCCC2C)sc1CNCC. The zero-order chi connectivity index (χ0) is 15.1. The van der Waals surface area contributed by atoms with Gasteiger partial charge in [0.05, 0.1) is 10.7 Å². The number of hydrogen-bond acceptors (Lipinski definition) is 4. The van der Waals surface area contributed by atoms with Crippen LogP contribution in [0.25, 0.3) is 0 Å². The van der Waals surface area contributed by atoms with Crippen molar-refractivity contribution in [2.75, 3.05) is 19.6 Å². The monoisotopic (exact) mass is 309 g/mol. The lowest BCUT2D eigenvalue weighted by atomic mass is 10.0. The normalized spacial score (nSPS) is 20.0. The Morgan fingerprint density at radius 2 is 2.14 bits per heavy atom. The second-order valence-corrected chi connectivity index (χ2v) is 7.31. The first kappa shape index (κ1) is 16.9. The quantitative estimate of drug-likeness (QED) is 0.795. The van der Waals surface area contributed by atoms with E-state index in [2.05, 4.69) is 31.0 Å². The molecule has 0 amide bonds. The molecular weight excluding hydrogens is 278 g/mol. The summed E-state index contributed by atoms with van der Waals surface area (Å²) in [4.78, 5) is 9.02. The van der Waals surface area contributed by atoms with Gasteiger partial charge < -0.3 is 10.2 Å². The number of nitrogens with zero attached hydrogens (tertiary/aromatic N) is 2. The van der Waals surface area contributed by atoms with Gasteiger partial charge in [-0.2, -0.15) is 0 Å². The molecule has 1 aromatic rings. The van der Waals surface area contributed by atoms with Crippen LogP contribution in [0.1, 0.15) is 62.0 Å². The van der Waals surface area contributed by atoms with E-state index < -0.39 is 0 Å². The van der Waals surface area contributed by atoms with Gasteiger partial charge in [0, 0.05) is 30.4 Å². The minimum Gasteiger partial charge on any atom is -0.312 e. The molecule has 0 saturated carbocycles. The number of hydrogen-bond donors (Lipinski definition) is 1. The Balaban J connectivity index is 1.92. The summed E-state index contributed by atoms with van der Waals surface area (Å²) in [5.41, 5.74) is 1.34. The van der Waals surface area contributed by atoms with Crippen LogP contribution in [0.2, 0.25) is 0 Å². The standard InChI is InChI=1S/C17H31N3S/c1-4-8-15-16(13-18-5-2)21-17(19-15)10-12-20-11-7-6-9-14(20)3/h14,18H,4-13H2,1-3H3. The zero-order valence-electron chi connectivity index (χ0n) is 14.0. The van der Waals surface area contributed by atoms with Crippen LogP contribution in [0, 0.1) is 0 Å². The van der Waals surface area contributed by atoms with Gasteiger partial charge in [-0.15, -0.1) is 11.3 Å². The number of thiazole rings is 1. The number of rotatable bonds is 8. The second kappa shape index (κ2) is 8.86. The topological polar surface area (TPSA) is 28.2 Å². The van der Waals surface area contributed by atoms with Crippen LogP contribution in [0.3, 0.4) is 0 Å². The largest absolute Gasteiger partial charge is 0.312 e. The maximum absolute atomic E-state index is 4.91. The molecule has 1 aliphatic rings. The van der Waals surface area contributed by atoms with Crippen LogP contribution in [-0.4, -0.2) is 35.6 Å². The van der Waals surface area contributed by atoms with Crippen LogP contribution >= 0.6 is 11.3 Å². The highest BCUT2D eigenvalue weighted by Crippen LogP contribution is 2.22. The summed E-state index contributed by atoms with van der Waals surface area (Å²) in [6.45, 7) is 11.3. The average molecular weight is 310 g/mol. The zero-order valence-corrected chi connectivity index (χ0v) is 14.8. The Hall–Kier alpha value is -0.450. The third-order valence-corrected chi connectivity index (χ3v) is 5.56. The van der Waals surface area contributed by atoms with Gasteiger partial charge in [-0.3, -0.25) is 0 Å². The number of piperidine rings is 1. The van der Waals surface area contributed by atoms with E-state index in [1.165, 1.54) is 54.4 Å². The van der Waals surface area contributed by atoms with Gasteiger partial charge in [-0.1, -0.05) is 26.7 Å². The van der Waals surface area contributed by atoms with E-state index in [9.17, 15) is 0 Å². The molecule has 0 aromatic carbocycles. The molecular formula is C17H31N3S. The molecule has 2 rings (SSSR count). The molecule has 1 aromatic heterocycles. The minimum absolute atomic E-state index is 0.759. The van der Waals surface area contributed by atoms with Crippen molar-refractivity contribution in [3.05, 3.63) is 15.6 Å². The van der Waals surface area contributed by atoms with Crippen molar-refractivity contribution in [3.8, 4) is 0 Å². The molecule has 3 nitrogen and oxygen atoms in total. The van der Waals surface area contributed by atoms with Crippen LogP contribution in [0.5, 0.6) is 0 Å². The summed E-state index contributed by atoms with van der Waals surface area (Å²) in [6, 6.07) is 0.759. The van der Waals surface area contributed by atoms with Crippen molar-refractivity contribution < 1.29 is 0 Å². The van der Waals surface area contributed by atoms with E-state index in [0.717, 1.165) is 32.0 Å². The molecule has 0 spiro atoms. The summed E-state index contributed by atoms with van der Waals surface area (Å²) in [7, 11) is 0. The molecule has 0 aliphatic carbocycles. The van der Waals surface area contributed by atoms with E-state index in [0.29, 0.717) is 0 Å². The minimum atomic E-state index is 0.759. The van der Waals surface area contributed by atoms with E-state index in [-0.39, 0.29) is 0 Å². The van der Waals surface area contributed by atoms with Crippen molar-refractivity contribution >= 4 is 11.3 Å². The molecule has 1 atom stereocenters. The van der Waals surface area contributed by atoms with Crippen molar-refractivity contribution in [1.82, 2.24) is 15.2 Å². The molecule has 21 heavy (non-hydrogen) atoms. The van der Waals surface area contributed by atoms with Crippen LogP contribution in [-0.2, 0) is 19.4 Å². The van der Waals surface area contributed by atoms with Crippen molar-refractivity contribution in [3.63, 3.8) is 0 Å². The highest BCUT2D eigenvalue weighted by molar-refractivity contribution is 7.11. The van der Waals surface area contributed by atoms with Crippen LogP contribution in [0.15, 0.2) is 0 Å².